The lowest BCUT2D eigenvalue weighted by Crippen LogP contribution is -2.45. The number of aliphatic hydroxyl groups excluding tert-OH is 1. The first kappa shape index (κ1) is 15.3. The van der Waals surface area contributed by atoms with Crippen molar-refractivity contribution in [3.05, 3.63) is 11.9 Å². The lowest BCUT2D eigenvalue weighted by atomic mass is 10.1. The fourth-order valence-electron chi connectivity index (χ4n) is 2.70. The number of ether oxygens (including phenoxy) is 2. The van der Waals surface area contributed by atoms with Gasteiger partial charge in [-0.15, -0.1) is 0 Å². The molecule has 2 atom stereocenters. The van der Waals surface area contributed by atoms with Gasteiger partial charge in [0.2, 0.25) is 0 Å². The third-order valence-corrected chi connectivity index (χ3v) is 3.71. The van der Waals surface area contributed by atoms with E-state index in [9.17, 15) is 5.11 Å². The molecule has 114 valence electrons. The van der Waals surface area contributed by atoms with E-state index in [4.69, 9.17) is 9.47 Å². The Balaban J connectivity index is 2.13. The molecule has 20 heavy (non-hydrogen) atoms. The second-order valence-electron chi connectivity index (χ2n) is 5.07. The molecule has 0 aliphatic carbocycles. The molecule has 0 radical (unpaired) electrons. The lowest BCUT2D eigenvalue weighted by Gasteiger charge is -2.35. The number of nitrogens with zero attached hydrogens (tertiary/aromatic N) is 3. The summed E-state index contributed by atoms with van der Waals surface area (Å²) in [5.74, 6) is 0.621. The van der Waals surface area contributed by atoms with Crippen LogP contribution in [0.1, 0.15) is 32.1 Å². The first-order chi connectivity index (χ1) is 9.71. The summed E-state index contributed by atoms with van der Waals surface area (Å²) >= 11 is 0. The van der Waals surface area contributed by atoms with Crippen molar-refractivity contribution in [1.82, 2.24) is 14.7 Å². The monoisotopic (exact) mass is 283 g/mol. The second-order valence-corrected chi connectivity index (χ2v) is 5.07. The molecule has 2 unspecified atom stereocenters. The zero-order valence-electron chi connectivity index (χ0n) is 12.6. The minimum Gasteiger partial charge on any atom is -0.493 e. The summed E-state index contributed by atoms with van der Waals surface area (Å²) in [5.41, 5.74) is 0.707. The van der Waals surface area contributed by atoms with Crippen molar-refractivity contribution in [2.75, 3.05) is 33.4 Å². The smallest absolute Gasteiger partial charge is 0.162 e. The van der Waals surface area contributed by atoms with Crippen LogP contribution in [0.5, 0.6) is 5.75 Å². The summed E-state index contributed by atoms with van der Waals surface area (Å²) in [5, 5.41) is 14.9. The van der Waals surface area contributed by atoms with Crippen LogP contribution in [0, 0.1) is 0 Å². The van der Waals surface area contributed by atoms with E-state index in [1.54, 1.807) is 18.0 Å². The van der Waals surface area contributed by atoms with Gasteiger partial charge in [-0.2, -0.15) is 5.10 Å². The molecule has 2 heterocycles. The maximum atomic E-state index is 10.7. The molecule has 1 aliphatic heterocycles. The Hall–Kier alpha value is -1.11. The maximum absolute atomic E-state index is 10.7. The highest BCUT2D eigenvalue weighted by Crippen LogP contribution is 2.29. The Morgan fingerprint density at radius 3 is 3.00 bits per heavy atom. The van der Waals surface area contributed by atoms with Gasteiger partial charge in [-0.25, -0.2) is 0 Å². The van der Waals surface area contributed by atoms with Crippen LogP contribution in [0.4, 0.5) is 0 Å². The Bertz CT molecular complexity index is 398. The molecular weight excluding hydrogens is 258 g/mol. The van der Waals surface area contributed by atoms with E-state index in [-0.39, 0.29) is 6.10 Å². The van der Waals surface area contributed by atoms with Gasteiger partial charge in [0.05, 0.1) is 19.9 Å². The van der Waals surface area contributed by atoms with E-state index in [0.717, 1.165) is 26.1 Å². The third-order valence-electron chi connectivity index (χ3n) is 3.71. The largest absolute Gasteiger partial charge is 0.493 e. The maximum Gasteiger partial charge on any atom is 0.162 e. The number of rotatable bonds is 6. The SMILES string of the molecule is CCCN1CCOC(C(O)c2c(OC)cnn2CC)C1. The standard InChI is InChI=1S/C14H25N3O3/c1-4-6-16-7-8-20-12(10-16)14(18)13-11(19-3)9-15-17(13)5-2/h9,12,14,18H,4-8,10H2,1-3H3. The summed E-state index contributed by atoms with van der Waals surface area (Å²) in [7, 11) is 1.60. The highest BCUT2D eigenvalue weighted by molar-refractivity contribution is 5.28. The van der Waals surface area contributed by atoms with Gasteiger partial charge in [0.1, 0.15) is 17.9 Å². The predicted molar refractivity (Wildman–Crippen MR) is 75.9 cm³/mol. The van der Waals surface area contributed by atoms with Crippen molar-refractivity contribution < 1.29 is 14.6 Å². The third kappa shape index (κ3) is 3.13. The second kappa shape index (κ2) is 7.06. The number of hydrogen-bond donors (Lipinski definition) is 1. The van der Waals surface area contributed by atoms with E-state index in [1.807, 2.05) is 6.92 Å². The number of methoxy groups -OCH3 is 1. The minimum atomic E-state index is -0.716. The summed E-state index contributed by atoms with van der Waals surface area (Å²) in [6.07, 6.45) is 1.81. The van der Waals surface area contributed by atoms with Gasteiger partial charge in [0.15, 0.2) is 5.75 Å². The molecule has 1 aromatic heterocycles. The summed E-state index contributed by atoms with van der Waals surface area (Å²) in [6, 6.07) is 0. The van der Waals surface area contributed by atoms with Gasteiger partial charge in [0.25, 0.3) is 0 Å². The molecule has 1 fully saturated rings. The van der Waals surface area contributed by atoms with Gasteiger partial charge in [-0.3, -0.25) is 9.58 Å². The lowest BCUT2D eigenvalue weighted by molar-refractivity contribution is -0.0926. The van der Waals surface area contributed by atoms with Crippen LogP contribution in [0.3, 0.4) is 0 Å². The molecule has 6 heteroatoms. The highest BCUT2D eigenvalue weighted by atomic mass is 16.5. The highest BCUT2D eigenvalue weighted by Gasteiger charge is 2.31. The van der Waals surface area contributed by atoms with Crippen molar-refractivity contribution >= 4 is 0 Å². The average Bonchev–Trinajstić information content (AvgIpc) is 2.90. The topological polar surface area (TPSA) is 59.8 Å². The summed E-state index contributed by atoms with van der Waals surface area (Å²) in [6.45, 7) is 8.22. The van der Waals surface area contributed by atoms with Crippen LogP contribution >= 0.6 is 0 Å². The molecule has 6 nitrogen and oxygen atoms in total. The summed E-state index contributed by atoms with van der Waals surface area (Å²) < 4.78 is 12.8. The molecule has 0 bridgehead atoms. The molecular formula is C14H25N3O3. The molecule has 1 aliphatic rings. The Labute approximate surface area is 120 Å². The van der Waals surface area contributed by atoms with E-state index in [1.165, 1.54) is 0 Å². The zero-order chi connectivity index (χ0) is 14.5. The normalized spacial score (nSPS) is 21.9. The quantitative estimate of drug-likeness (QED) is 0.846. The van der Waals surface area contributed by atoms with Gasteiger partial charge in [0, 0.05) is 19.6 Å². The first-order valence-corrected chi connectivity index (χ1v) is 7.32. The molecule has 0 saturated carbocycles. The van der Waals surface area contributed by atoms with Crippen LogP contribution in [-0.4, -0.2) is 59.2 Å². The molecule has 1 saturated heterocycles. The van der Waals surface area contributed by atoms with Crippen LogP contribution < -0.4 is 4.74 Å². The predicted octanol–water partition coefficient (Wildman–Crippen LogP) is 1.06. The van der Waals surface area contributed by atoms with E-state index in [0.29, 0.717) is 24.6 Å². The number of aromatic nitrogens is 2. The molecule has 0 spiro atoms. The van der Waals surface area contributed by atoms with Gasteiger partial charge >= 0.3 is 0 Å². The van der Waals surface area contributed by atoms with E-state index >= 15 is 0 Å². The average molecular weight is 283 g/mol. The van der Waals surface area contributed by atoms with Crippen LogP contribution in [0.15, 0.2) is 6.20 Å². The van der Waals surface area contributed by atoms with Crippen LogP contribution in [-0.2, 0) is 11.3 Å². The van der Waals surface area contributed by atoms with Gasteiger partial charge < -0.3 is 14.6 Å². The molecule has 2 rings (SSSR count). The fraction of sp³-hybridized carbons (Fsp3) is 0.786. The van der Waals surface area contributed by atoms with Crippen molar-refractivity contribution in [1.29, 1.82) is 0 Å². The van der Waals surface area contributed by atoms with Crippen LogP contribution in [0.25, 0.3) is 0 Å². The number of hydrogen-bond acceptors (Lipinski definition) is 5. The number of aliphatic hydroxyl groups is 1. The van der Waals surface area contributed by atoms with Crippen LogP contribution in [0.2, 0.25) is 0 Å². The van der Waals surface area contributed by atoms with Gasteiger partial charge in [-0.05, 0) is 19.9 Å². The van der Waals surface area contributed by atoms with E-state index < -0.39 is 6.10 Å². The van der Waals surface area contributed by atoms with E-state index in [2.05, 4.69) is 16.9 Å². The fourth-order valence-corrected chi connectivity index (χ4v) is 2.70. The zero-order valence-corrected chi connectivity index (χ0v) is 12.6. The van der Waals surface area contributed by atoms with Gasteiger partial charge in [-0.1, -0.05) is 6.92 Å². The van der Waals surface area contributed by atoms with Crippen molar-refractivity contribution in [2.45, 2.75) is 39.0 Å². The Kier molecular flexibility index (Phi) is 5.39. The molecule has 0 amide bonds. The van der Waals surface area contributed by atoms with Crippen molar-refractivity contribution in [3.8, 4) is 5.75 Å². The minimum absolute atomic E-state index is 0.230. The molecule has 1 N–H and O–H groups in total. The van der Waals surface area contributed by atoms with Crippen molar-refractivity contribution in [2.24, 2.45) is 0 Å². The molecule has 1 aromatic rings. The Morgan fingerprint density at radius 2 is 2.35 bits per heavy atom. The van der Waals surface area contributed by atoms with Crippen molar-refractivity contribution in [3.63, 3.8) is 0 Å². The number of morpholine rings is 1. The summed E-state index contributed by atoms with van der Waals surface area (Å²) in [4.78, 5) is 2.33. The molecule has 0 aromatic carbocycles. The number of aryl methyl sites for hydroxylation is 1. The first-order valence-electron chi connectivity index (χ1n) is 7.32. The Morgan fingerprint density at radius 1 is 1.55 bits per heavy atom.